The summed E-state index contributed by atoms with van der Waals surface area (Å²) in [6.07, 6.45) is 1.38. The molecule has 112 valence electrons. The smallest absolute Gasteiger partial charge is 0.264 e. The zero-order chi connectivity index (χ0) is 15.9. The highest BCUT2D eigenvalue weighted by molar-refractivity contribution is 7.89. The summed E-state index contributed by atoms with van der Waals surface area (Å²) in [5.41, 5.74) is 0.523. The molecule has 0 spiro atoms. The van der Waals surface area contributed by atoms with Crippen LogP contribution in [-0.4, -0.2) is 30.7 Å². The van der Waals surface area contributed by atoms with Gasteiger partial charge < -0.3 is 5.11 Å². The number of phenols is 1. The number of hydrogen-bond donors (Lipinski definition) is 1. The average molecular weight is 315 g/mol. The molecule has 1 aliphatic rings. The van der Waals surface area contributed by atoms with E-state index in [0.29, 0.717) is 5.56 Å². The van der Waals surface area contributed by atoms with Crippen molar-refractivity contribution in [2.75, 3.05) is 7.05 Å². The van der Waals surface area contributed by atoms with Crippen molar-refractivity contribution in [3.63, 3.8) is 0 Å². The predicted molar refractivity (Wildman–Crippen MR) is 81.8 cm³/mol. The topological polar surface area (TPSA) is 74.7 Å². The van der Waals surface area contributed by atoms with Crippen LogP contribution in [-0.2, 0) is 10.0 Å². The molecule has 0 atom stereocenters. The SMILES string of the molecule is CN1C(=Cc2ccccc2O)C(=O)c2ccccc2S1(=O)=O. The number of para-hydroxylation sites is 1. The number of aromatic hydroxyl groups is 1. The number of phenolic OH excluding ortho intramolecular Hbond substituents is 1. The van der Waals surface area contributed by atoms with Gasteiger partial charge in [-0.15, -0.1) is 0 Å². The fraction of sp³-hybridized carbons (Fsp3) is 0.0625. The lowest BCUT2D eigenvalue weighted by Gasteiger charge is -2.28. The maximum atomic E-state index is 12.6. The number of ketones is 1. The van der Waals surface area contributed by atoms with Crippen LogP contribution in [0.5, 0.6) is 5.75 Å². The van der Waals surface area contributed by atoms with Gasteiger partial charge in [-0.25, -0.2) is 8.42 Å². The average Bonchev–Trinajstić information content (AvgIpc) is 2.52. The summed E-state index contributed by atoms with van der Waals surface area (Å²) in [6, 6.07) is 12.5. The van der Waals surface area contributed by atoms with Crippen molar-refractivity contribution in [2.24, 2.45) is 0 Å². The lowest BCUT2D eigenvalue weighted by atomic mass is 10.1. The van der Waals surface area contributed by atoms with E-state index in [9.17, 15) is 18.3 Å². The van der Waals surface area contributed by atoms with Crippen molar-refractivity contribution in [3.05, 3.63) is 65.4 Å². The molecule has 1 aliphatic heterocycles. The summed E-state index contributed by atoms with van der Waals surface area (Å²) in [6.45, 7) is 0. The molecule has 0 saturated carbocycles. The van der Waals surface area contributed by atoms with Crippen molar-refractivity contribution in [1.29, 1.82) is 0 Å². The van der Waals surface area contributed by atoms with Crippen LogP contribution in [0, 0.1) is 0 Å². The Morgan fingerprint density at radius 2 is 1.68 bits per heavy atom. The minimum atomic E-state index is -3.77. The van der Waals surface area contributed by atoms with Gasteiger partial charge >= 0.3 is 0 Å². The number of allylic oxidation sites excluding steroid dienone is 1. The van der Waals surface area contributed by atoms with E-state index in [1.807, 2.05) is 0 Å². The summed E-state index contributed by atoms with van der Waals surface area (Å²) in [4.78, 5) is 12.6. The van der Waals surface area contributed by atoms with E-state index < -0.39 is 15.8 Å². The van der Waals surface area contributed by atoms with Crippen molar-refractivity contribution >= 4 is 21.9 Å². The van der Waals surface area contributed by atoms with Gasteiger partial charge in [0.1, 0.15) is 11.4 Å². The second kappa shape index (κ2) is 4.99. The second-order valence-corrected chi connectivity index (χ2v) is 6.82. The van der Waals surface area contributed by atoms with Gasteiger partial charge in [-0.05, 0) is 24.3 Å². The highest BCUT2D eigenvalue weighted by Crippen LogP contribution is 2.32. The van der Waals surface area contributed by atoms with Crippen molar-refractivity contribution < 1.29 is 18.3 Å². The largest absolute Gasteiger partial charge is 0.507 e. The van der Waals surface area contributed by atoms with Gasteiger partial charge in [0.2, 0.25) is 5.78 Å². The quantitative estimate of drug-likeness (QED) is 0.819. The Kier molecular flexibility index (Phi) is 3.26. The Balaban J connectivity index is 2.24. The van der Waals surface area contributed by atoms with Gasteiger partial charge in [-0.2, -0.15) is 0 Å². The van der Waals surface area contributed by atoms with Gasteiger partial charge in [0.15, 0.2) is 0 Å². The van der Waals surface area contributed by atoms with Gasteiger partial charge in [0.05, 0.1) is 4.90 Å². The molecule has 1 heterocycles. The highest BCUT2D eigenvalue weighted by atomic mass is 32.2. The van der Waals surface area contributed by atoms with Gasteiger partial charge in [0, 0.05) is 18.2 Å². The number of carbonyl (C=O) groups is 1. The summed E-state index contributed by atoms with van der Waals surface area (Å²) < 4.78 is 26.0. The van der Waals surface area contributed by atoms with Gasteiger partial charge in [-0.1, -0.05) is 30.3 Å². The van der Waals surface area contributed by atoms with Gasteiger partial charge in [-0.3, -0.25) is 9.10 Å². The molecule has 5 nitrogen and oxygen atoms in total. The molecule has 0 bridgehead atoms. The number of rotatable bonds is 1. The van der Waals surface area contributed by atoms with Crippen LogP contribution in [0.1, 0.15) is 15.9 Å². The zero-order valence-electron chi connectivity index (χ0n) is 11.7. The fourth-order valence-corrected chi connectivity index (χ4v) is 3.73. The van der Waals surface area contributed by atoms with Crippen molar-refractivity contribution in [1.82, 2.24) is 4.31 Å². The zero-order valence-corrected chi connectivity index (χ0v) is 12.5. The maximum Gasteiger partial charge on any atom is 0.264 e. The number of carbonyl (C=O) groups excluding carboxylic acids is 1. The number of hydrogen-bond acceptors (Lipinski definition) is 4. The molecule has 2 aromatic carbocycles. The van der Waals surface area contributed by atoms with Crippen LogP contribution in [0.3, 0.4) is 0 Å². The summed E-state index contributed by atoms with van der Waals surface area (Å²) in [5, 5.41) is 9.82. The van der Waals surface area contributed by atoms with Crippen LogP contribution in [0.2, 0.25) is 0 Å². The predicted octanol–water partition coefficient (Wildman–Crippen LogP) is 2.25. The molecule has 0 aromatic heterocycles. The summed E-state index contributed by atoms with van der Waals surface area (Å²) >= 11 is 0. The standard InChI is InChI=1S/C16H13NO4S/c1-17-13(10-11-6-2-4-8-14(11)18)16(19)12-7-3-5-9-15(12)22(17,20)21/h2-10,18H,1H3. The van der Waals surface area contributed by atoms with E-state index in [2.05, 4.69) is 0 Å². The molecule has 0 aliphatic carbocycles. The third-order valence-corrected chi connectivity index (χ3v) is 5.40. The third-order valence-electron chi connectivity index (χ3n) is 3.57. The molecule has 22 heavy (non-hydrogen) atoms. The number of benzene rings is 2. The molecule has 0 fully saturated rings. The Hall–Kier alpha value is -2.60. The number of fused-ring (bicyclic) bond motifs is 1. The molecule has 3 rings (SSSR count). The third kappa shape index (κ3) is 2.08. The van der Waals surface area contributed by atoms with Crippen LogP contribution in [0.25, 0.3) is 6.08 Å². The molecular formula is C16H13NO4S. The fourth-order valence-electron chi connectivity index (χ4n) is 2.35. The second-order valence-electron chi connectivity index (χ2n) is 4.89. The van der Waals surface area contributed by atoms with Gasteiger partial charge in [0.25, 0.3) is 10.0 Å². The van der Waals surface area contributed by atoms with E-state index >= 15 is 0 Å². The molecular weight excluding hydrogens is 302 g/mol. The minimum absolute atomic E-state index is 0.000185. The summed E-state index contributed by atoms with van der Waals surface area (Å²) in [5.74, 6) is -0.413. The van der Waals surface area contributed by atoms with Crippen molar-refractivity contribution in [3.8, 4) is 5.75 Å². The van der Waals surface area contributed by atoms with Crippen LogP contribution in [0.4, 0.5) is 0 Å². The molecule has 1 N–H and O–H groups in total. The Morgan fingerprint density at radius 3 is 2.41 bits per heavy atom. The maximum absolute atomic E-state index is 12.6. The van der Waals surface area contributed by atoms with Crippen LogP contribution >= 0.6 is 0 Å². The van der Waals surface area contributed by atoms with E-state index in [4.69, 9.17) is 0 Å². The first-order valence-electron chi connectivity index (χ1n) is 6.55. The molecule has 0 radical (unpaired) electrons. The van der Waals surface area contributed by atoms with Crippen LogP contribution < -0.4 is 0 Å². The highest BCUT2D eigenvalue weighted by Gasteiger charge is 2.36. The lowest BCUT2D eigenvalue weighted by Crippen LogP contribution is -2.36. The first-order chi connectivity index (χ1) is 10.4. The lowest BCUT2D eigenvalue weighted by molar-refractivity contribution is 0.101. The van der Waals surface area contributed by atoms with Crippen molar-refractivity contribution in [2.45, 2.75) is 4.90 Å². The van der Waals surface area contributed by atoms with E-state index in [1.54, 1.807) is 30.3 Å². The Labute approximate surface area is 128 Å². The van der Waals surface area contributed by atoms with Crippen LogP contribution in [0.15, 0.2) is 59.1 Å². The monoisotopic (exact) mass is 315 g/mol. The Bertz CT molecular complexity index is 900. The molecule has 0 unspecified atom stereocenters. The first kappa shape index (κ1) is 14.3. The molecule has 0 amide bonds. The first-order valence-corrected chi connectivity index (χ1v) is 7.99. The number of nitrogens with zero attached hydrogens (tertiary/aromatic N) is 1. The molecule has 6 heteroatoms. The Morgan fingerprint density at radius 1 is 1.05 bits per heavy atom. The number of sulfonamides is 1. The van der Waals surface area contributed by atoms with E-state index in [-0.39, 0.29) is 21.9 Å². The normalized spacial score (nSPS) is 18.3. The summed E-state index contributed by atoms with van der Waals surface area (Å²) in [7, 11) is -2.44. The van der Waals surface area contributed by atoms with E-state index in [0.717, 1.165) is 4.31 Å². The molecule has 0 saturated heterocycles. The molecule has 2 aromatic rings. The van der Waals surface area contributed by atoms with E-state index in [1.165, 1.54) is 31.3 Å². The number of Topliss-reactive ketones (excluding diaryl/α,β-unsaturated/α-hetero) is 1. The number of likely N-dealkylation sites (N-methyl/N-ethyl adjacent to an activating group) is 1. The minimum Gasteiger partial charge on any atom is -0.507 e.